The third-order valence-corrected chi connectivity index (χ3v) is 6.72. The third kappa shape index (κ3) is 5.40. The summed E-state index contributed by atoms with van der Waals surface area (Å²) in [6.07, 6.45) is 5.48. The number of furan rings is 1. The standard InChI is InChI=1S/C29H34N2O5/c1-19(2)20-11-14-23(15-12-20)31(29(33)25-10-7-17-36-25)27(28(32)30-22-8-5-6-9-22)21-13-16-24(34-3)26(18-21)35-4/h7,10-19,22,27H,5-6,8-9H2,1-4H3,(H,30,32)/t27-/m0/s1. The topological polar surface area (TPSA) is 81.0 Å². The lowest BCUT2D eigenvalue weighted by atomic mass is 9.99. The first-order valence-electron chi connectivity index (χ1n) is 12.4. The number of carbonyl (C=O) groups is 2. The van der Waals surface area contributed by atoms with E-state index in [1.807, 2.05) is 24.3 Å². The summed E-state index contributed by atoms with van der Waals surface area (Å²) in [6.45, 7) is 4.23. The van der Waals surface area contributed by atoms with Crippen molar-refractivity contribution in [3.8, 4) is 11.5 Å². The lowest BCUT2D eigenvalue weighted by molar-refractivity contribution is -0.123. The number of rotatable bonds is 9. The van der Waals surface area contributed by atoms with Crippen LogP contribution in [-0.4, -0.2) is 32.1 Å². The Morgan fingerprint density at radius 3 is 2.19 bits per heavy atom. The Kier molecular flexibility index (Phi) is 7.98. The van der Waals surface area contributed by atoms with Crippen LogP contribution < -0.4 is 19.7 Å². The number of anilines is 1. The zero-order chi connectivity index (χ0) is 25.7. The van der Waals surface area contributed by atoms with E-state index in [0.717, 1.165) is 31.2 Å². The molecule has 0 spiro atoms. The fraction of sp³-hybridized carbons (Fsp3) is 0.379. The quantitative estimate of drug-likeness (QED) is 0.406. The van der Waals surface area contributed by atoms with Crippen molar-refractivity contribution in [2.75, 3.05) is 19.1 Å². The third-order valence-electron chi connectivity index (χ3n) is 6.72. The van der Waals surface area contributed by atoms with Crippen LogP contribution in [-0.2, 0) is 4.79 Å². The van der Waals surface area contributed by atoms with Gasteiger partial charge in [0.25, 0.3) is 5.91 Å². The van der Waals surface area contributed by atoms with Crippen molar-refractivity contribution in [2.24, 2.45) is 0 Å². The van der Waals surface area contributed by atoms with E-state index in [2.05, 4.69) is 19.2 Å². The van der Waals surface area contributed by atoms with Crippen molar-refractivity contribution in [1.82, 2.24) is 5.32 Å². The smallest absolute Gasteiger partial charge is 0.294 e. The highest BCUT2D eigenvalue weighted by Crippen LogP contribution is 2.36. The Morgan fingerprint density at radius 2 is 1.61 bits per heavy atom. The Labute approximate surface area is 212 Å². The van der Waals surface area contributed by atoms with Crippen molar-refractivity contribution >= 4 is 17.5 Å². The van der Waals surface area contributed by atoms with Gasteiger partial charge < -0.3 is 19.2 Å². The van der Waals surface area contributed by atoms with E-state index in [1.165, 1.54) is 11.2 Å². The summed E-state index contributed by atoms with van der Waals surface area (Å²) in [6, 6.07) is 15.5. The maximum atomic E-state index is 13.9. The molecule has 1 aliphatic carbocycles. The maximum absolute atomic E-state index is 13.9. The van der Waals surface area contributed by atoms with Crippen LogP contribution in [0, 0.1) is 0 Å². The predicted octanol–water partition coefficient (Wildman–Crippen LogP) is 5.87. The second kappa shape index (κ2) is 11.3. The van der Waals surface area contributed by atoms with Crippen LogP contribution in [0.15, 0.2) is 65.3 Å². The van der Waals surface area contributed by atoms with Gasteiger partial charge >= 0.3 is 0 Å². The molecule has 1 fully saturated rings. The lowest BCUT2D eigenvalue weighted by Crippen LogP contribution is -2.46. The van der Waals surface area contributed by atoms with Gasteiger partial charge in [-0.1, -0.05) is 44.9 Å². The Balaban J connectivity index is 1.84. The second-order valence-corrected chi connectivity index (χ2v) is 9.41. The van der Waals surface area contributed by atoms with Crippen LogP contribution in [0.3, 0.4) is 0 Å². The Morgan fingerprint density at radius 1 is 0.944 bits per heavy atom. The molecule has 1 atom stereocenters. The highest BCUT2D eigenvalue weighted by atomic mass is 16.5. The maximum Gasteiger partial charge on any atom is 0.294 e. The monoisotopic (exact) mass is 490 g/mol. The number of carbonyl (C=O) groups excluding carboxylic acids is 2. The fourth-order valence-electron chi connectivity index (χ4n) is 4.71. The second-order valence-electron chi connectivity index (χ2n) is 9.41. The molecule has 36 heavy (non-hydrogen) atoms. The number of hydrogen-bond acceptors (Lipinski definition) is 5. The lowest BCUT2D eigenvalue weighted by Gasteiger charge is -2.32. The van der Waals surface area contributed by atoms with Crippen LogP contribution >= 0.6 is 0 Å². The average molecular weight is 491 g/mol. The zero-order valence-corrected chi connectivity index (χ0v) is 21.3. The SMILES string of the molecule is COc1ccc([C@@H](C(=O)NC2CCCC2)N(C(=O)c2ccco2)c2ccc(C(C)C)cc2)cc1OC. The highest BCUT2D eigenvalue weighted by molar-refractivity contribution is 6.08. The van der Waals surface area contributed by atoms with Crippen molar-refractivity contribution < 1.29 is 23.5 Å². The van der Waals surface area contributed by atoms with Gasteiger partial charge in [-0.3, -0.25) is 14.5 Å². The molecule has 0 unspecified atom stereocenters. The minimum Gasteiger partial charge on any atom is -0.493 e. The van der Waals surface area contributed by atoms with Crippen LogP contribution in [0.5, 0.6) is 11.5 Å². The molecule has 1 N–H and O–H groups in total. The van der Waals surface area contributed by atoms with Crippen molar-refractivity contribution in [3.05, 3.63) is 77.7 Å². The minimum atomic E-state index is -0.951. The normalized spacial score (nSPS) is 14.5. The number of amides is 2. The van der Waals surface area contributed by atoms with Gasteiger partial charge in [-0.05, 0) is 66.3 Å². The molecule has 1 heterocycles. The van der Waals surface area contributed by atoms with E-state index in [0.29, 0.717) is 28.7 Å². The van der Waals surface area contributed by atoms with Gasteiger partial charge in [0, 0.05) is 11.7 Å². The van der Waals surface area contributed by atoms with Gasteiger partial charge in [0.1, 0.15) is 6.04 Å². The molecule has 0 radical (unpaired) electrons. The Bertz CT molecular complexity index is 1160. The zero-order valence-electron chi connectivity index (χ0n) is 21.3. The van der Waals surface area contributed by atoms with E-state index < -0.39 is 11.9 Å². The Hall–Kier alpha value is -3.74. The van der Waals surface area contributed by atoms with Crippen LogP contribution in [0.25, 0.3) is 0 Å². The molecule has 7 nitrogen and oxygen atoms in total. The molecular weight excluding hydrogens is 456 g/mol. The molecule has 2 aromatic carbocycles. The summed E-state index contributed by atoms with van der Waals surface area (Å²) >= 11 is 0. The molecule has 1 saturated carbocycles. The van der Waals surface area contributed by atoms with Crippen molar-refractivity contribution in [1.29, 1.82) is 0 Å². The number of ether oxygens (including phenoxy) is 2. The molecule has 4 rings (SSSR count). The number of methoxy groups -OCH3 is 2. The van der Waals surface area contributed by atoms with Crippen molar-refractivity contribution in [3.63, 3.8) is 0 Å². The van der Waals surface area contributed by atoms with Crippen LogP contribution in [0.1, 0.15) is 73.2 Å². The predicted molar refractivity (Wildman–Crippen MR) is 139 cm³/mol. The number of hydrogen-bond donors (Lipinski definition) is 1. The molecule has 1 aromatic heterocycles. The molecule has 190 valence electrons. The van der Waals surface area contributed by atoms with Gasteiger partial charge in [-0.15, -0.1) is 0 Å². The molecule has 0 aliphatic heterocycles. The van der Waals surface area contributed by atoms with E-state index in [4.69, 9.17) is 13.9 Å². The van der Waals surface area contributed by atoms with Crippen LogP contribution in [0.4, 0.5) is 5.69 Å². The summed E-state index contributed by atoms with van der Waals surface area (Å²) in [4.78, 5) is 29.3. The summed E-state index contributed by atoms with van der Waals surface area (Å²) < 4.78 is 16.4. The summed E-state index contributed by atoms with van der Waals surface area (Å²) in [5.74, 6) is 0.860. The van der Waals surface area contributed by atoms with Gasteiger partial charge in [-0.25, -0.2) is 0 Å². The van der Waals surface area contributed by atoms with Crippen molar-refractivity contribution in [2.45, 2.75) is 57.5 Å². The minimum absolute atomic E-state index is 0.0871. The first kappa shape index (κ1) is 25.4. The fourth-order valence-corrected chi connectivity index (χ4v) is 4.71. The number of nitrogens with zero attached hydrogens (tertiary/aromatic N) is 1. The van der Waals surface area contributed by atoms with E-state index >= 15 is 0 Å². The molecular formula is C29H34N2O5. The first-order chi connectivity index (χ1) is 17.4. The van der Waals surface area contributed by atoms with Gasteiger partial charge in [0.2, 0.25) is 5.91 Å². The first-order valence-corrected chi connectivity index (χ1v) is 12.4. The van der Waals surface area contributed by atoms with Crippen LogP contribution in [0.2, 0.25) is 0 Å². The molecule has 0 bridgehead atoms. The van der Waals surface area contributed by atoms with E-state index in [9.17, 15) is 9.59 Å². The molecule has 1 aliphatic rings. The van der Waals surface area contributed by atoms with Gasteiger partial charge in [0.05, 0.1) is 20.5 Å². The molecule has 3 aromatic rings. The van der Waals surface area contributed by atoms with Gasteiger partial charge in [0.15, 0.2) is 17.3 Å². The summed E-state index contributed by atoms with van der Waals surface area (Å²) in [7, 11) is 3.11. The van der Waals surface area contributed by atoms with Gasteiger partial charge in [-0.2, -0.15) is 0 Å². The molecule has 0 saturated heterocycles. The summed E-state index contributed by atoms with van der Waals surface area (Å²) in [5.41, 5.74) is 2.35. The average Bonchev–Trinajstić information content (AvgIpc) is 3.61. The number of benzene rings is 2. The van der Waals surface area contributed by atoms with E-state index in [-0.39, 0.29) is 17.7 Å². The largest absolute Gasteiger partial charge is 0.493 e. The molecule has 7 heteroatoms. The highest BCUT2D eigenvalue weighted by Gasteiger charge is 2.36. The number of nitrogens with one attached hydrogen (secondary N) is 1. The molecule has 2 amide bonds. The van der Waals surface area contributed by atoms with E-state index in [1.54, 1.807) is 44.6 Å². The summed E-state index contributed by atoms with van der Waals surface area (Å²) in [5, 5.41) is 3.19.